The van der Waals surface area contributed by atoms with Gasteiger partial charge in [-0.1, -0.05) is 0 Å². The molecule has 0 aliphatic heterocycles. The summed E-state index contributed by atoms with van der Waals surface area (Å²) in [6, 6.07) is 0. The SMILES string of the molecule is [O]P([O])(=O)O. The molecule has 0 rings (SSSR count). The zero-order chi connectivity index (χ0) is 4.50. The third-order valence-electron chi connectivity index (χ3n) is 0. The molecule has 5 heteroatoms. The molecular weight excluding hydrogens is 95.0 g/mol. The quantitative estimate of drug-likeness (QED) is 0.429. The summed E-state index contributed by atoms with van der Waals surface area (Å²) >= 11 is 0. The molecule has 4 nitrogen and oxygen atoms in total. The molecule has 0 aliphatic rings. The molecule has 0 fully saturated rings. The smallest absolute Gasteiger partial charge is 0.299 e. The topological polar surface area (TPSA) is 77.1 Å². The highest BCUT2D eigenvalue weighted by Gasteiger charge is 2.08. The van der Waals surface area contributed by atoms with E-state index < -0.39 is 7.82 Å². The molecule has 0 unspecified atom stereocenters. The minimum absolute atomic E-state index is 5.14. The maximum atomic E-state index is 8.66. The van der Waals surface area contributed by atoms with Gasteiger partial charge in [0.25, 0.3) is 0 Å². The second-order valence-electron chi connectivity index (χ2n) is 0.469. The Bertz CT molecular complexity index is 49.8. The van der Waals surface area contributed by atoms with Crippen LogP contribution in [0.4, 0.5) is 0 Å². The standard InChI is InChI=1S/HO4P/c1-5(2,3)4/h(H,1,2). The molecule has 0 aliphatic carbocycles. The zero-order valence-electron chi connectivity index (χ0n) is 2.12. The predicted molar refractivity (Wildman–Crippen MR) is 11.2 cm³/mol. The van der Waals surface area contributed by atoms with Crippen molar-refractivity contribution in [2.45, 2.75) is 0 Å². The van der Waals surface area contributed by atoms with Crippen molar-refractivity contribution >= 4 is 7.82 Å². The first kappa shape index (κ1) is 5.11. The van der Waals surface area contributed by atoms with Gasteiger partial charge in [0.05, 0.1) is 0 Å². The van der Waals surface area contributed by atoms with Gasteiger partial charge in [-0.25, -0.2) is 4.57 Å². The minimum atomic E-state index is -5.14. The van der Waals surface area contributed by atoms with Crippen molar-refractivity contribution in [3.8, 4) is 0 Å². The molecule has 1 N–H and O–H groups in total. The van der Waals surface area contributed by atoms with Crippen LogP contribution in [0.2, 0.25) is 0 Å². The van der Waals surface area contributed by atoms with E-state index >= 15 is 0 Å². The fraction of sp³-hybridized carbons (Fsp3) is 0. The van der Waals surface area contributed by atoms with E-state index in [9.17, 15) is 0 Å². The average molecular weight is 96.0 g/mol. The lowest BCUT2D eigenvalue weighted by Crippen LogP contribution is -1.59. The summed E-state index contributed by atoms with van der Waals surface area (Å²) in [6.07, 6.45) is 0. The predicted octanol–water partition coefficient (Wildman–Crippen LogP) is -0.0522. The van der Waals surface area contributed by atoms with Crippen molar-refractivity contribution in [2.24, 2.45) is 0 Å². The van der Waals surface area contributed by atoms with Crippen molar-refractivity contribution in [2.75, 3.05) is 0 Å². The molecule has 0 amide bonds. The Hall–Kier alpha value is 0.110. The lowest BCUT2D eigenvalue weighted by Gasteiger charge is -1.73. The first-order valence-electron chi connectivity index (χ1n) is 0.748. The minimum Gasteiger partial charge on any atom is -0.299 e. The molecule has 0 spiro atoms. The van der Waals surface area contributed by atoms with Crippen molar-refractivity contribution in [1.29, 1.82) is 0 Å². The summed E-state index contributed by atoms with van der Waals surface area (Å²) in [4.78, 5) is 24.3. The molecule has 0 saturated heterocycles. The van der Waals surface area contributed by atoms with E-state index in [1.165, 1.54) is 0 Å². The fourth-order valence-electron chi connectivity index (χ4n) is 0. The van der Waals surface area contributed by atoms with Crippen LogP contribution in [-0.2, 0) is 14.4 Å². The van der Waals surface area contributed by atoms with Crippen LogP contribution in [0, 0.1) is 0 Å². The van der Waals surface area contributed by atoms with Gasteiger partial charge >= 0.3 is 7.82 Å². The molecule has 0 aromatic heterocycles. The van der Waals surface area contributed by atoms with E-state index in [1.54, 1.807) is 0 Å². The van der Waals surface area contributed by atoms with E-state index in [1.807, 2.05) is 0 Å². The second kappa shape index (κ2) is 1.06. The van der Waals surface area contributed by atoms with E-state index in [-0.39, 0.29) is 0 Å². The van der Waals surface area contributed by atoms with E-state index in [0.717, 1.165) is 0 Å². The van der Waals surface area contributed by atoms with Crippen LogP contribution in [-0.4, -0.2) is 4.89 Å². The Kier molecular flexibility index (Phi) is 1.09. The summed E-state index contributed by atoms with van der Waals surface area (Å²) in [6.45, 7) is 0. The maximum absolute atomic E-state index is 8.66. The van der Waals surface area contributed by atoms with Gasteiger partial charge in [0.1, 0.15) is 0 Å². The molecule has 0 atom stereocenters. The zero-order valence-corrected chi connectivity index (χ0v) is 3.01. The summed E-state index contributed by atoms with van der Waals surface area (Å²) < 4.78 is 8.66. The van der Waals surface area contributed by atoms with Crippen molar-refractivity contribution in [3.05, 3.63) is 0 Å². The summed E-state index contributed by atoms with van der Waals surface area (Å²) in [5, 5.41) is 0. The summed E-state index contributed by atoms with van der Waals surface area (Å²) in [5.41, 5.74) is 0. The van der Waals surface area contributed by atoms with E-state index in [4.69, 9.17) is 19.2 Å². The molecular formula is HO4P. The van der Waals surface area contributed by atoms with Crippen molar-refractivity contribution < 1.29 is 19.2 Å². The van der Waals surface area contributed by atoms with E-state index in [0.29, 0.717) is 0 Å². The Labute approximate surface area is 28.3 Å². The molecule has 0 aromatic carbocycles. The maximum Gasteiger partial charge on any atom is 0.527 e. The van der Waals surface area contributed by atoms with Crippen LogP contribution in [0.5, 0.6) is 0 Å². The molecule has 0 saturated carbocycles. The summed E-state index contributed by atoms with van der Waals surface area (Å²) in [5.74, 6) is 0. The van der Waals surface area contributed by atoms with Gasteiger partial charge in [-0.15, -0.1) is 9.79 Å². The third-order valence-corrected chi connectivity index (χ3v) is 0. The van der Waals surface area contributed by atoms with Gasteiger partial charge < -0.3 is 0 Å². The monoisotopic (exact) mass is 96.0 g/mol. The molecule has 5 heavy (non-hydrogen) atoms. The van der Waals surface area contributed by atoms with Crippen LogP contribution in [0.3, 0.4) is 0 Å². The summed E-state index contributed by atoms with van der Waals surface area (Å²) in [7, 11) is -5.14. The Morgan fingerprint density at radius 2 is 1.40 bits per heavy atom. The molecule has 2 radical (unpaired) electrons. The van der Waals surface area contributed by atoms with Gasteiger partial charge in [-0.3, -0.25) is 4.89 Å². The lowest BCUT2D eigenvalue weighted by molar-refractivity contribution is 0.201. The first-order valence-corrected chi connectivity index (χ1v) is 2.24. The Morgan fingerprint density at radius 1 is 1.40 bits per heavy atom. The number of hydrogen-bond donors (Lipinski definition) is 1. The van der Waals surface area contributed by atoms with Crippen molar-refractivity contribution in [1.82, 2.24) is 0 Å². The normalized spacial score (nSPS) is 11.8. The van der Waals surface area contributed by atoms with Crippen LogP contribution < -0.4 is 0 Å². The highest BCUT2D eigenvalue weighted by molar-refractivity contribution is 7.44. The molecule has 30 valence electrons. The van der Waals surface area contributed by atoms with E-state index in [2.05, 4.69) is 0 Å². The fourth-order valence-corrected chi connectivity index (χ4v) is 0. The first-order chi connectivity index (χ1) is 2.00. The number of hydrogen-bond acceptors (Lipinski definition) is 1. The van der Waals surface area contributed by atoms with Gasteiger partial charge in [0.2, 0.25) is 0 Å². The van der Waals surface area contributed by atoms with Gasteiger partial charge in [0.15, 0.2) is 0 Å². The van der Waals surface area contributed by atoms with Gasteiger partial charge in [0, 0.05) is 0 Å². The van der Waals surface area contributed by atoms with Gasteiger partial charge in [-0.2, -0.15) is 0 Å². The third kappa shape index (κ3) is 1510. The molecule has 0 heterocycles. The van der Waals surface area contributed by atoms with Gasteiger partial charge in [-0.05, 0) is 0 Å². The lowest BCUT2D eigenvalue weighted by atomic mass is 15.8. The van der Waals surface area contributed by atoms with Crippen LogP contribution in [0.25, 0.3) is 0 Å². The average Bonchev–Trinajstić information content (AvgIpc) is 0.722. The largest absolute Gasteiger partial charge is 0.527 e. The highest BCUT2D eigenvalue weighted by atomic mass is 31.2. The Morgan fingerprint density at radius 3 is 1.40 bits per heavy atom. The number of rotatable bonds is 0. The van der Waals surface area contributed by atoms with Crippen LogP contribution in [0.15, 0.2) is 0 Å². The van der Waals surface area contributed by atoms with Crippen LogP contribution in [0.1, 0.15) is 0 Å². The van der Waals surface area contributed by atoms with Crippen LogP contribution >= 0.6 is 7.82 Å². The highest BCUT2D eigenvalue weighted by Crippen LogP contribution is 2.29. The second-order valence-corrected chi connectivity index (χ2v) is 1.41. The molecule has 0 bridgehead atoms. The molecule has 0 aromatic rings. The van der Waals surface area contributed by atoms with Crippen molar-refractivity contribution in [3.63, 3.8) is 0 Å². The Balaban J connectivity index is 3.47.